The van der Waals surface area contributed by atoms with E-state index in [4.69, 9.17) is 4.42 Å². The number of aromatic amines is 1. The van der Waals surface area contributed by atoms with Crippen molar-refractivity contribution < 1.29 is 18.4 Å². The normalized spacial score (nSPS) is 12.1. The number of H-pyrrole nitrogens is 1. The smallest absolute Gasteiger partial charge is 0.255 e. The van der Waals surface area contributed by atoms with E-state index in [1.807, 2.05) is 0 Å². The number of carbonyl (C=O) groups excluding carboxylic acids is 2. The van der Waals surface area contributed by atoms with E-state index < -0.39 is 6.04 Å². The monoisotopic (exact) mass is 343 g/mol. The van der Waals surface area contributed by atoms with Gasteiger partial charge in [-0.25, -0.2) is 4.39 Å². The first kappa shape index (κ1) is 16.8. The average molecular weight is 343 g/mol. The van der Waals surface area contributed by atoms with Gasteiger partial charge in [0.2, 0.25) is 5.91 Å². The summed E-state index contributed by atoms with van der Waals surface area (Å²) in [5.41, 5.74) is 2.08. The molecule has 0 fully saturated rings. The lowest BCUT2D eigenvalue weighted by molar-refractivity contribution is -0.122. The molecule has 0 radical (unpaired) electrons. The predicted molar refractivity (Wildman–Crippen MR) is 90.6 cm³/mol. The molecular weight excluding hydrogens is 325 g/mol. The Kier molecular flexibility index (Phi) is 4.83. The maximum Gasteiger partial charge on any atom is 0.255 e. The van der Waals surface area contributed by atoms with Crippen molar-refractivity contribution >= 4 is 22.7 Å². The van der Waals surface area contributed by atoms with Crippen molar-refractivity contribution in [3.05, 3.63) is 59.9 Å². The van der Waals surface area contributed by atoms with Crippen LogP contribution in [0.1, 0.15) is 22.8 Å². The van der Waals surface area contributed by atoms with Crippen molar-refractivity contribution in [2.24, 2.45) is 0 Å². The van der Waals surface area contributed by atoms with Crippen LogP contribution >= 0.6 is 0 Å². The van der Waals surface area contributed by atoms with E-state index in [1.54, 1.807) is 19.2 Å². The quantitative estimate of drug-likeness (QED) is 0.642. The van der Waals surface area contributed by atoms with Gasteiger partial charge in [0.1, 0.15) is 18.1 Å². The first-order valence-electron chi connectivity index (χ1n) is 7.91. The molecule has 0 bridgehead atoms. The zero-order valence-electron chi connectivity index (χ0n) is 13.6. The third-order valence-electron chi connectivity index (χ3n) is 3.95. The highest BCUT2D eigenvalue weighted by atomic mass is 19.1. The lowest BCUT2D eigenvalue weighted by atomic mass is 10.1. The average Bonchev–Trinajstić information content (AvgIpc) is 3.24. The van der Waals surface area contributed by atoms with Gasteiger partial charge in [0.05, 0.1) is 11.8 Å². The van der Waals surface area contributed by atoms with Crippen LogP contribution in [0.5, 0.6) is 0 Å². The van der Waals surface area contributed by atoms with Gasteiger partial charge in [0, 0.05) is 23.6 Å². The molecule has 0 saturated carbocycles. The third kappa shape index (κ3) is 3.88. The molecular formula is C18H18FN3O3. The second-order valence-corrected chi connectivity index (χ2v) is 5.75. The molecule has 2 aromatic heterocycles. The molecule has 3 aromatic rings. The minimum Gasteiger partial charge on any atom is -0.472 e. The lowest BCUT2D eigenvalue weighted by Crippen LogP contribution is -2.45. The number of carbonyl (C=O) groups is 2. The Hall–Kier alpha value is -3.09. The summed E-state index contributed by atoms with van der Waals surface area (Å²) in [4.78, 5) is 27.0. The molecule has 25 heavy (non-hydrogen) atoms. The van der Waals surface area contributed by atoms with Crippen molar-refractivity contribution in [2.45, 2.75) is 19.4 Å². The fourth-order valence-electron chi connectivity index (χ4n) is 2.58. The summed E-state index contributed by atoms with van der Waals surface area (Å²) >= 11 is 0. The Balaban J connectivity index is 1.50. The Labute approximate surface area is 143 Å². The molecule has 3 rings (SSSR count). The SMILES string of the molecule is C[C@H](NC(=O)c1ccoc1)C(=O)NCCc1c[nH]c2cc(F)ccc12. The molecule has 130 valence electrons. The zero-order valence-corrected chi connectivity index (χ0v) is 13.6. The minimum absolute atomic E-state index is 0.275. The number of rotatable bonds is 6. The van der Waals surface area contributed by atoms with Gasteiger partial charge >= 0.3 is 0 Å². The van der Waals surface area contributed by atoms with Gasteiger partial charge in [0.25, 0.3) is 5.91 Å². The highest BCUT2D eigenvalue weighted by Gasteiger charge is 2.17. The number of nitrogens with one attached hydrogen (secondary N) is 3. The maximum atomic E-state index is 13.2. The summed E-state index contributed by atoms with van der Waals surface area (Å²) in [5, 5.41) is 6.31. The summed E-state index contributed by atoms with van der Waals surface area (Å²) in [6.45, 7) is 2.02. The van der Waals surface area contributed by atoms with Crippen molar-refractivity contribution in [1.82, 2.24) is 15.6 Å². The molecule has 0 unspecified atom stereocenters. The van der Waals surface area contributed by atoms with Crippen molar-refractivity contribution in [2.75, 3.05) is 6.54 Å². The van der Waals surface area contributed by atoms with E-state index in [0.29, 0.717) is 18.5 Å². The zero-order chi connectivity index (χ0) is 17.8. The number of hydrogen-bond donors (Lipinski definition) is 3. The Morgan fingerprint density at radius 2 is 2.16 bits per heavy atom. The number of amides is 2. The molecule has 2 heterocycles. The molecule has 2 amide bonds. The van der Waals surface area contributed by atoms with Gasteiger partial charge in [-0.1, -0.05) is 0 Å². The van der Waals surface area contributed by atoms with Crippen LogP contribution in [0, 0.1) is 5.82 Å². The van der Waals surface area contributed by atoms with E-state index in [0.717, 1.165) is 16.5 Å². The number of benzene rings is 1. The highest BCUT2D eigenvalue weighted by molar-refractivity contribution is 5.97. The second-order valence-electron chi connectivity index (χ2n) is 5.75. The molecule has 1 atom stereocenters. The van der Waals surface area contributed by atoms with E-state index in [-0.39, 0.29) is 17.6 Å². The first-order chi connectivity index (χ1) is 12.0. The summed E-state index contributed by atoms with van der Waals surface area (Å²) in [6.07, 6.45) is 5.12. The number of halogens is 1. The van der Waals surface area contributed by atoms with E-state index in [1.165, 1.54) is 30.7 Å². The molecule has 0 aliphatic heterocycles. The number of hydrogen-bond acceptors (Lipinski definition) is 3. The number of aromatic nitrogens is 1. The molecule has 7 heteroatoms. The molecule has 6 nitrogen and oxygen atoms in total. The van der Waals surface area contributed by atoms with Crippen LogP contribution in [0.4, 0.5) is 4.39 Å². The van der Waals surface area contributed by atoms with Crippen molar-refractivity contribution in [3.63, 3.8) is 0 Å². The van der Waals surface area contributed by atoms with Gasteiger partial charge in [-0.05, 0) is 43.2 Å². The molecule has 3 N–H and O–H groups in total. The fraction of sp³-hybridized carbons (Fsp3) is 0.222. The largest absolute Gasteiger partial charge is 0.472 e. The summed E-state index contributed by atoms with van der Waals surface area (Å²) < 4.78 is 18.0. The van der Waals surface area contributed by atoms with Crippen molar-refractivity contribution in [1.29, 1.82) is 0 Å². The maximum absolute atomic E-state index is 13.2. The highest BCUT2D eigenvalue weighted by Crippen LogP contribution is 2.19. The molecule has 0 spiro atoms. The fourth-order valence-corrected chi connectivity index (χ4v) is 2.58. The Morgan fingerprint density at radius 1 is 1.32 bits per heavy atom. The molecule has 0 aliphatic rings. The van der Waals surface area contributed by atoms with Crippen LogP contribution in [0.25, 0.3) is 10.9 Å². The Morgan fingerprint density at radius 3 is 2.92 bits per heavy atom. The van der Waals surface area contributed by atoms with Crippen LogP contribution < -0.4 is 10.6 Å². The number of furan rings is 1. The first-order valence-corrected chi connectivity index (χ1v) is 7.91. The molecule has 0 aliphatic carbocycles. The van der Waals surface area contributed by atoms with Gasteiger partial charge in [-0.3, -0.25) is 9.59 Å². The van der Waals surface area contributed by atoms with Crippen LogP contribution in [0.3, 0.4) is 0 Å². The van der Waals surface area contributed by atoms with E-state index in [2.05, 4.69) is 15.6 Å². The summed E-state index contributed by atoms with van der Waals surface area (Å²) in [6, 6.07) is 5.42. The van der Waals surface area contributed by atoms with Crippen LogP contribution in [-0.2, 0) is 11.2 Å². The van der Waals surface area contributed by atoms with Crippen LogP contribution in [0.2, 0.25) is 0 Å². The minimum atomic E-state index is -0.667. The molecule has 0 saturated heterocycles. The lowest BCUT2D eigenvalue weighted by Gasteiger charge is -2.13. The van der Waals surface area contributed by atoms with Gasteiger partial charge in [-0.2, -0.15) is 0 Å². The van der Waals surface area contributed by atoms with E-state index in [9.17, 15) is 14.0 Å². The van der Waals surface area contributed by atoms with Gasteiger partial charge in [-0.15, -0.1) is 0 Å². The second kappa shape index (κ2) is 7.21. The topological polar surface area (TPSA) is 87.1 Å². The predicted octanol–water partition coefficient (Wildman–Crippen LogP) is 2.38. The Bertz CT molecular complexity index is 886. The summed E-state index contributed by atoms with van der Waals surface area (Å²) in [7, 11) is 0. The standard InChI is InChI=1S/C18H18FN3O3/c1-11(22-18(24)13-5-7-25-10-13)17(23)20-6-4-12-9-21-16-8-14(19)2-3-15(12)16/h2-3,5,7-11,21H,4,6H2,1H3,(H,20,23)(H,22,24)/t11-/m0/s1. The third-order valence-corrected chi connectivity index (χ3v) is 3.95. The van der Waals surface area contributed by atoms with Crippen LogP contribution in [0.15, 0.2) is 47.4 Å². The van der Waals surface area contributed by atoms with Crippen molar-refractivity contribution in [3.8, 4) is 0 Å². The van der Waals surface area contributed by atoms with E-state index >= 15 is 0 Å². The van der Waals surface area contributed by atoms with Crippen LogP contribution in [-0.4, -0.2) is 29.4 Å². The van der Waals surface area contributed by atoms with Gasteiger partial charge < -0.3 is 20.0 Å². The van der Waals surface area contributed by atoms with Gasteiger partial charge in [0.15, 0.2) is 0 Å². The number of fused-ring (bicyclic) bond motifs is 1. The summed E-state index contributed by atoms with van der Waals surface area (Å²) in [5.74, 6) is -0.936. The molecule has 1 aromatic carbocycles.